The van der Waals surface area contributed by atoms with E-state index in [9.17, 15) is 23.2 Å². The normalized spacial score (nSPS) is 12.9. The molecule has 0 radical (unpaired) electrons. The van der Waals surface area contributed by atoms with Crippen molar-refractivity contribution >= 4 is 23.1 Å². The average molecular weight is 491 g/mol. The van der Waals surface area contributed by atoms with E-state index < -0.39 is 23.1 Å². The van der Waals surface area contributed by atoms with E-state index in [1.165, 1.54) is 9.08 Å². The van der Waals surface area contributed by atoms with E-state index in [4.69, 9.17) is 0 Å². The SMILES string of the molecule is CCCCN1Cc2c(n(CC(=O)Nc3cc(F)cc(F)c3)c3cc(-c4ccccc4)nn3c2=O)C1=O. The second-order valence-electron chi connectivity index (χ2n) is 8.67. The average Bonchev–Trinajstić information content (AvgIpc) is 3.43. The standard InChI is InChI=1S/C26H23F2N5O3/c1-2-3-9-31-14-20-24(26(31)36)32(15-22(34)29-19-11-17(27)10-18(28)12-19)23-13-21(30-33(23)25(20)35)16-7-5-4-6-8-16/h4-8,10-13H,2-3,9,14-15H2,1H3,(H,29,34). The van der Waals surface area contributed by atoms with Gasteiger partial charge in [-0.15, -0.1) is 0 Å². The third kappa shape index (κ3) is 4.26. The van der Waals surface area contributed by atoms with Crippen LogP contribution < -0.4 is 10.9 Å². The Kier molecular flexibility index (Phi) is 6.09. The molecule has 2 aromatic heterocycles. The monoisotopic (exact) mass is 491 g/mol. The molecule has 5 rings (SSSR count). The van der Waals surface area contributed by atoms with Crippen molar-refractivity contribution in [3.8, 4) is 11.3 Å². The number of fused-ring (bicyclic) bond motifs is 2. The van der Waals surface area contributed by atoms with Crippen LogP contribution in [0.25, 0.3) is 16.9 Å². The van der Waals surface area contributed by atoms with Gasteiger partial charge in [0.25, 0.3) is 11.5 Å². The molecule has 184 valence electrons. The maximum absolute atomic E-state index is 13.6. The maximum atomic E-state index is 13.6. The summed E-state index contributed by atoms with van der Waals surface area (Å²) in [7, 11) is 0. The van der Waals surface area contributed by atoms with Gasteiger partial charge in [-0.05, 0) is 18.6 Å². The number of rotatable bonds is 7. The van der Waals surface area contributed by atoms with Gasteiger partial charge in [-0.25, -0.2) is 8.78 Å². The first-order chi connectivity index (χ1) is 17.4. The topological polar surface area (TPSA) is 88.7 Å². The number of amides is 2. The maximum Gasteiger partial charge on any atom is 0.280 e. The molecule has 1 aliphatic heterocycles. The van der Waals surface area contributed by atoms with Crippen LogP contribution in [0.15, 0.2) is 59.4 Å². The minimum atomic E-state index is -0.832. The fourth-order valence-electron chi connectivity index (χ4n) is 4.43. The van der Waals surface area contributed by atoms with Gasteiger partial charge >= 0.3 is 0 Å². The lowest BCUT2D eigenvalue weighted by Gasteiger charge is -2.16. The van der Waals surface area contributed by atoms with Gasteiger partial charge in [0.1, 0.15) is 29.5 Å². The number of aromatic nitrogens is 3. The summed E-state index contributed by atoms with van der Waals surface area (Å²) in [5, 5.41) is 6.94. The van der Waals surface area contributed by atoms with Crippen LogP contribution in [0.4, 0.5) is 14.5 Å². The summed E-state index contributed by atoms with van der Waals surface area (Å²) in [6.07, 6.45) is 1.65. The molecule has 0 saturated heterocycles. The molecule has 8 nitrogen and oxygen atoms in total. The van der Waals surface area contributed by atoms with Crippen molar-refractivity contribution in [3.63, 3.8) is 0 Å². The Morgan fingerprint density at radius 2 is 1.78 bits per heavy atom. The zero-order valence-corrected chi connectivity index (χ0v) is 19.5. The lowest BCUT2D eigenvalue weighted by atomic mass is 10.1. The molecule has 3 heterocycles. The van der Waals surface area contributed by atoms with Gasteiger partial charge in [0.05, 0.1) is 17.8 Å². The van der Waals surface area contributed by atoms with Crippen molar-refractivity contribution in [1.29, 1.82) is 0 Å². The number of anilines is 1. The van der Waals surface area contributed by atoms with Crippen LogP contribution in [-0.2, 0) is 17.9 Å². The highest BCUT2D eigenvalue weighted by Crippen LogP contribution is 2.26. The molecule has 2 aromatic carbocycles. The van der Waals surface area contributed by atoms with Gasteiger partial charge < -0.3 is 14.8 Å². The quantitative estimate of drug-likeness (QED) is 0.426. The van der Waals surface area contributed by atoms with Gasteiger partial charge in [0.2, 0.25) is 5.91 Å². The summed E-state index contributed by atoms with van der Waals surface area (Å²) in [6, 6.07) is 13.6. The fourth-order valence-corrected chi connectivity index (χ4v) is 4.43. The Labute approximate surface area is 204 Å². The van der Waals surface area contributed by atoms with Crippen LogP contribution in [-0.4, -0.2) is 37.4 Å². The minimum Gasteiger partial charge on any atom is -0.333 e. The van der Waals surface area contributed by atoms with E-state index in [0.717, 1.165) is 30.5 Å². The highest BCUT2D eigenvalue weighted by Gasteiger charge is 2.35. The molecule has 1 aliphatic rings. The number of hydrogen-bond acceptors (Lipinski definition) is 4. The number of nitrogens with zero attached hydrogens (tertiary/aromatic N) is 4. The van der Waals surface area contributed by atoms with E-state index >= 15 is 0 Å². The third-order valence-electron chi connectivity index (χ3n) is 6.11. The Bertz CT molecular complexity index is 1520. The molecule has 0 fully saturated rings. The smallest absolute Gasteiger partial charge is 0.280 e. The van der Waals surface area contributed by atoms with Gasteiger partial charge in [-0.1, -0.05) is 43.7 Å². The molecule has 1 N–H and O–H groups in total. The molecule has 0 saturated carbocycles. The van der Waals surface area contributed by atoms with E-state index in [0.29, 0.717) is 18.3 Å². The van der Waals surface area contributed by atoms with E-state index in [-0.39, 0.29) is 41.6 Å². The Balaban J connectivity index is 1.60. The van der Waals surface area contributed by atoms with Crippen LogP contribution in [0.5, 0.6) is 0 Å². The van der Waals surface area contributed by atoms with Crippen molar-refractivity contribution in [3.05, 3.63) is 87.8 Å². The van der Waals surface area contributed by atoms with Crippen molar-refractivity contribution in [2.24, 2.45) is 0 Å². The number of halogens is 2. The first-order valence-corrected chi connectivity index (χ1v) is 11.6. The molecular formula is C26H23F2N5O3. The number of nitrogens with one attached hydrogen (secondary N) is 1. The summed E-state index contributed by atoms with van der Waals surface area (Å²) >= 11 is 0. The molecule has 4 aromatic rings. The van der Waals surface area contributed by atoms with Gasteiger partial charge in [0.15, 0.2) is 0 Å². The van der Waals surface area contributed by atoms with Gasteiger partial charge in [-0.3, -0.25) is 14.4 Å². The van der Waals surface area contributed by atoms with Crippen LogP contribution in [0.2, 0.25) is 0 Å². The molecule has 2 amide bonds. The number of carbonyl (C=O) groups is 2. The molecule has 10 heteroatoms. The zero-order chi connectivity index (χ0) is 25.4. The molecule has 0 aliphatic carbocycles. The van der Waals surface area contributed by atoms with Gasteiger partial charge in [0, 0.05) is 29.9 Å². The van der Waals surface area contributed by atoms with Crippen LogP contribution in [0.1, 0.15) is 35.8 Å². The first-order valence-electron chi connectivity index (χ1n) is 11.6. The van der Waals surface area contributed by atoms with E-state index in [1.807, 2.05) is 37.3 Å². The Hall–Kier alpha value is -4.34. The third-order valence-corrected chi connectivity index (χ3v) is 6.11. The minimum absolute atomic E-state index is 0.0550. The molecule has 0 atom stereocenters. The lowest BCUT2D eigenvalue weighted by molar-refractivity contribution is -0.116. The predicted molar refractivity (Wildman–Crippen MR) is 130 cm³/mol. The van der Waals surface area contributed by atoms with E-state index in [2.05, 4.69) is 10.4 Å². The Morgan fingerprint density at radius 1 is 1.06 bits per heavy atom. The Morgan fingerprint density at radius 3 is 2.47 bits per heavy atom. The second-order valence-corrected chi connectivity index (χ2v) is 8.67. The molecule has 36 heavy (non-hydrogen) atoms. The molecule has 0 bridgehead atoms. The summed E-state index contributed by atoms with van der Waals surface area (Å²) in [4.78, 5) is 41.2. The summed E-state index contributed by atoms with van der Waals surface area (Å²) in [5.74, 6) is -2.62. The summed E-state index contributed by atoms with van der Waals surface area (Å²) in [5.41, 5.74) is 1.46. The summed E-state index contributed by atoms with van der Waals surface area (Å²) < 4.78 is 29.9. The predicted octanol–water partition coefficient (Wildman–Crippen LogP) is 3.84. The highest BCUT2D eigenvalue weighted by atomic mass is 19.1. The number of hydrogen-bond donors (Lipinski definition) is 1. The van der Waals surface area contributed by atoms with Crippen molar-refractivity contribution in [2.45, 2.75) is 32.9 Å². The molecule has 0 spiro atoms. The molecule has 0 unspecified atom stereocenters. The number of benzene rings is 2. The van der Waals surface area contributed by atoms with Crippen molar-refractivity contribution in [2.75, 3.05) is 11.9 Å². The number of unbranched alkanes of at least 4 members (excludes halogenated alkanes) is 1. The first kappa shape index (κ1) is 23.4. The van der Waals surface area contributed by atoms with Crippen molar-refractivity contribution in [1.82, 2.24) is 19.1 Å². The van der Waals surface area contributed by atoms with Crippen LogP contribution >= 0.6 is 0 Å². The van der Waals surface area contributed by atoms with Gasteiger partial charge in [-0.2, -0.15) is 9.61 Å². The highest BCUT2D eigenvalue weighted by molar-refractivity contribution is 5.98. The van der Waals surface area contributed by atoms with Crippen molar-refractivity contribution < 1.29 is 18.4 Å². The number of carbonyl (C=O) groups excluding carboxylic acids is 2. The van der Waals surface area contributed by atoms with Crippen LogP contribution in [0.3, 0.4) is 0 Å². The summed E-state index contributed by atoms with van der Waals surface area (Å²) in [6.45, 7) is 2.25. The second kappa shape index (κ2) is 9.37. The zero-order valence-electron chi connectivity index (χ0n) is 19.5. The van der Waals surface area contributed by atoms with Crippen LogP contribution in [0, 0.1) is 11.6 Å². The largest absolute Gasteiger partial charge is 0.333 e. The van der Waals surface area contributed by atoms with E-state index in [1.54, 1.807) is 11.0 Å². The fraction of sp³-hybridized carbons (Fsp3) is 0.231. The molecular weight excluding hydrogens is 468 g/mol. The lowest BCUT2D eigenvalue weighted by Crippen LogP contribution is -2.30.